The molecule has 2 heterocycles. The minimum atomic E-state index is -0.178. The van der Waals surface area contributed by atoms with Crippen molar-refractivity contribution >= 4 is 5.69 Å². The Labute approximate surface area is 136 Å². The number of aryl methyl sites for hydroxylation is 2. The summed E-state index contributed by atoms with van der Waals surface area (Å²) in [6.45, 7) is 6.85. The van der Waals surface area contributed by atoms with Crippen LogP contribution in [0.4, 0.5) is 10.1 Å². The molecular weight excluding hydrogens is 293 g/mol. The molecule has 1 aromatic heterocycles. The van der Waals surface area contributed by atoms with Crippen LogP contribution in [0.15, 0.2) is 28.8 Å². The van der Waals surface area contributed by atoms with E-state index in [0.717, 1.165) is 49.6 Å². The number of benzene rings is 1. The van der Waals surface area contributed by atoms with Gasteiger partial charge in [-0.05, 0) is 58.0 Å². The highest BCUT2D eigenvalue weighted by atomic mass is 19.1. The molecule has 0 atom stereocenters. The predicted molar refractivity (Wildman–Crippen MR) is 89.1 cm³/mol. The highest BCUT2D eigenvalue weighted by Gasteiger charge is 2.24. The first-order valence-electron chi connectivity index (χ1n) is 8.17. The molecule has 5 heteroatoms. The summed E-state index contributed by atoms with van der Waals surface area (Å²) in [4.78, 5) is 4.73. The second kappa shape index (κ2) is 6.71. The van der Waals surface area contributed by atoms with Gasteiger partial charge in [-0.1, -0.05) is 5.16 Å². The van der Waals surface area contributed by atoms with Gasteiger partial charge >= 0.3 is 0 Å². The lowest BCUT2D eigenvalue weighted by Crippen LogP contribution is -2.43. The highest BCUT2D eigenvalue weighted by Crippen LogP contribution is 2.24. The van der Waals surface area contributed by atoms with Gasteiger partial charge in [0.05, 0.1) is 5.69 Å². The van der Waals surface area contributed by atoms with E-state index in [-0.39, 0.29) is 5.82 Å². The van der Waals surface area contributed by atoms with Crippen molar-refractivity contribution in [2.75, 3.05) is 25.0 Å². The van der Waals surface area contributed by atoms with Gasteiger partial charge in [0.25, 0.3) is 0 Å². The Hall–Kier alpha value is -1.88. The maximum Gasteiger partial charge on any atom is 0.138 e. The van der Waals surface area contributed by atoms with Gasteiger partial charge in [0, 0.05) is 36.9 Å². The summed E-state index contributed by atoms with van der Waals surface area (Å²) in [5.41, 5.74) is 3.30. The normalized spacial score (nSPS) is 16.3. The van der Waals surface area contributed by atoms with Gasteiger partial charge in [-0.3, -0.25) is 4.90 Å². The molecule has 124 valence electrons. The smallest absolute Gasteiger partial charge is 0.138 e. The number of aromatic nitrogens is 1. The van der Waals surface area contributed by atoms with E-state index in [2.05, 4.69) is 22.0 Å². The fourth-order valence-electron chi connectivity index (χ4n) is 3.32. The second-order valence-electron chi connectivity index (χ2n) is 6.41. The number of rotatable bonds is 4. The molecule has 1 aromatic carbocycles. The summed E-state index contributed by atoms with van der Waals surface area (Å²) < 4.78 is 18.3. The number of halogens is 1. The molecule has 3 rings (SSSR count). The summed E-state index contributed by atoms with van der Waals surface area (Å²) >= 11 is 0. The number of piperidine rings is 1. The minimum absolute atomic E-state index is 0.178. The van der Waals surface area contributed by atoms with Crippen LogP contribution in [0.25, 0.3) is 0 Å². The Morgan fingerprint density at radius 1 is 1.22 bits per heavy atom. The van der Waals surface area contributed by atoms with Crippen molar-refractivity contribution in [2.45, 2.75) is 39.3 Å². The molecule has 0 N–H and O–H groups in total. The van der Waals surface area contributed by atoms with Crippen LogP contribution in [-0.4, -0.2) is 36.2 Å². The van der Waals surface area contributed by atoms with Gasteiger partial charge in [0.1, 0.15) is 11.6 Å². The largest absolute Gasteiger partial charge is 0.371 e. The Bertz CT molecular complexity index is 625. The predicted octanol–water partition coefficient (Wildman–Crippen LogP) is 3.53. The van der Waals surface area contributed by atoms with E-state index in [9.17, 15) is 4.39 Å². The number of hydrogen-bond donors (Lipinski definition) is 0. The summed E-state index contributed by atoms with van der Waals surface area (Å²) in [6.07, 6.45) is 2.22. The minimum Gasteiger partial charge on any atom is -0.371 e. The van der Waals surface area contributed by atoms with E-state index in [1.807, 2.05) is 26.0 Å². The van der Waals surface area contributed by atoms with Crippen molar-refractivity contribution in [1.29, 1.82) is 0 Å². The standard InChI is InChI=1S/C18H24FN3O/c1-13-18(14(2)23-20-13)12-21(3)16-8-10-22(11-9-16)17-6-4-15(19)5-7-17/h4-7,16H,8-12H2,1-3H3. The molecule has 0 amide bonds. The van der Waals surface area contributed by atoms with E-state index in [1.54, 1.807) is 0 Å². The molecular formula is C18H24FN3O. The summed E-state index contributed by atoms with van der Waals surface area (Å²) in [6, 6.07) is 7.35. The van der Waals surface area contributed by atoms with Crippen LogP contribution in [0.3, 0.4) is 0 Å². The summed E-state index contributed by atoms with van der Waals surface area (Å²) in [7, 11) is 2.17. The zero-order valence-corrected chi connectivity index (χ0v) is 14.1. The van der Waals surface area contributed by atoms with Gasteiger partial charge in [0.15, 0.2) is 0 Å². The first kappa shape index (κ1) is 16.0. The van der Waals surface area contributed by atoms with Crippen LogP contribution < -0.4 is 4.90 Å². The maximum atomic E-state index is 13.0. The molecule has 1 aliphatic heterocycles. The van der Waals surface area contributed by atoms with E-state index >= 15 is 0 Å². The Balaban J connectivity index is 1.57. The first-order chi connectivity index (χ1) is 11.0. The molecule has 1 saturated heterocycles. The third kappa shape index (κ3) is 3.55. The van der Waals surface area contributed by atoms with Crippen LogP contribution in [0.2, 0.25) is 0 Å². The second-order valence-corrected chi connectivity index (χ2v) is 6.41. The lowest BCUT2D eigenvalue weighted by molar-refractivity contribution is 0.199. The van der Waals surface area contributed by atoms with Crippen molar-refractivity contribution in [2.24, 2.45) is 0 Å². The molecule has 0 saturated carbocycles. The first-order valence-corrected chi connectivity index (χ1v) is 8.17. The third-order valence-electron chi connectivity index (χ3n) is 4.87. The molecule has 0 bridgehead atoms. The fourth-order valence-corrected chi connectivity index (χ4v) is 3.32. The van der Waals surface area contributed by atoms with E-state index in [0.29, 0.717) is 6.04 Å². The highest BCUT2D eigenvalue weighted by molar-refractivity contribution is 5.46. The van der Waals surface area contributed by atoms with Crippen LogP contribution in [0, 0.1) is 19.7 Å². The number of nitrogens with zero attached hydrogens (tertiary/aromatic N) is 3. The Kier molecular flexibility index (Phi) is 4.66. The van der Waals surface area contributed by atoms with Crippen LogP contribution >= 0.6 is 0 Å². The lowest BCUT2D eigenvalue weighted by Gasteiger charge is -2.37. The van der Waals surface area contributed by atoms with Crippen LogP contribution in [0.5, 0.6) is 0 Å². The molecule has 0 unspecified atom stereocenters. The monoisotopic (exact) mass is 317 g/mol. The van der Waals surface area contributed by atoms with Crippen molar-refractivity contribution in [3.63, 3.8) is 0 Å². The third-order valence-corrected chi connectivity index (χ3v) is 4.87. The SMILES string of the molecule is Cc1noc(C)c1CN(C)C1CCN(c2ccc(F)cc2)CC1. The molecule has 4 nitrogen and oxygen atoms in total. The molecule has 0 spiro atoms. The number of hydrogen-bond acceptors (Lipinski definition) is 4. The van der Waals surface area contributed by atoms with E-state index < -0.39 is 0 Å². The van der Waals surface area contributed by atoms with Gasteiger partial charge in [0.2, 0.25) is 0 Å². The molecule has 0 aliphatic carbocycles. The average Bonchev–Trinajstić information content (AvgIpc) is 2.87. The summed E-state index contributed by atoms with van der Waals surface area (Å²) in [5.74, 6) is 0.737. The molecule has 1 aliphatic rings. The van der Waals surface area contributed by atoms with Gasteiger partial charge in [-0.25, -0.2) is 4.39 Å². The van der Waals surface area contributed by atoms with Crippen molar-refractivity contribution in [3.05, 3.63) is 47.1 Å². The van der Waals surface area contributed by atoms with Crippen molar-refractivity contribution in [3.8, 4) is 0 Å². The van der Waals surface area contributed by atoms with Gasteiger partial charge in [-0.15, -0.1) is 0 Å². The van der Waals surface area contributed by atoms with Gasteiger partial charge in [-0.2, -0.15) is 0 Å². The Morgan fingerprint density at radius 3 is 2.43 bits per heavy atom. The zero-order chi connectivity index (χ0) is 16.4. The quantitative estimate of drug-likeness (QED) is 0.863. The number of anilines is 1. The topological polar surface area (TPSA) is 32.5 Å². The molecule has 2 aromatic rings. The van der Waals surface area contributed by atoms with Crippen molar-refractivity contribution < 1.29 is 8.91 Å². The molecule has 23 heavy (non-hydrogen) atoms. The van der Waals surface area contributed by atoms with Crippen molar-refractivity contribution in [1.82, 2.24) is 10.1 Å². The zero-order valence-electron chi connectivity index (χ0n) is 14.1. The summed E-state index contributed by atoms with van der Waals surface area (Å²) in [5, 5.41) is 4.03. The van der Waals surface area contributed by atoms with Crippen LogP contribution in [0.1, 0.15) is 29.9 Å². The Morgan fingerprint density at radius 2 is 1.87 bits per heavy atom. The maximum absolute atomic E-state index is 13.0. The average molecular weight is 317 g/mol. The fraction of sp³-hybridized carbons (Fsp3) is 0.500. The van der Waals surface area contributed by atoms with Crippen LogP contribution in [-0.2, 0) is 6.54 Å². The van der Waals surface area contributed by atoms with E-state index in [4.69, 9.17) is 4.52 Å². The van der Waals surface area contributed by atoms with Gasteiger partial charge < -0.3 is 9.42 Å². The molecule has 0 radical (unpaired) electrons. The van der Waals surface area contributed by atoms with E-state index in [1.165, 1.54) is 17.7 Å². The lowest BCUT2D eigenvalue weighted by atomic mass is 10.0. The molecule has 1 fully saturated rings.